The minimum absolute atomic E-state index is 0. The quantitative estimate of drug-likeness (QED) is 0.221. The molecule has 1 aromatic heterocycles. The predicted octanol–water partition coefficient (Wildman–Crippen LogP) is 2.79. The third kappa shape index (κ3) is 8.73. The van der Waals surface area contributed by atoms with Gasteiger partial charge in [0.2, 0.25) is 5.91 Å². The van der Waals surface area contributed by atoms with Crippen LogP contribution >= 0.6 is 35.6 Å². The Morgan fingerprint density at radius 1 is 1.19 bits per heavy atom. The van der Waals surface area contributed by atoms with Crippen molar-refractivity contribution < 1.29 is 4.79 Å². The second-order valence-corrected chi connectivity index (χ2v) is 8.46. The van der Waals surface area contributed by atoms with Gasteiger partial charge < -0.3 is 15.5 Å². The van der Waals surface area contributed by atoms with Gasteiger partial charge in [0.25, 0.3) is 0 Å². The summed E-state index contributed by atoms with van der Waals surface area (Å²) in [6.07, 6.45) is 7.28. The number of piperazine rings is 1. The molecular formula is C22H36ClIN6O. The standard InChI is InChI=1S/C22H35ClN6O.HI/c1-2-24-22(25-10-9-18-7-8-20(23)27-17-18)26-11-12-28-13-15-29(16-14-28)21(30)19-5-3-4-6-19;/h7-8,17,19H,2-6,9-16H2,1H3,(H2,24,25,26);1H. The Hall–Kier alpha value is -1.13. The van der Waals surface area contributed by atoms with E-state index in [9.17, 15) is 4.79 Å². The van der Waals surface area contributed by atoms with Crippen LogP contribution in [-0.2, 0) is 11.2 Å². The molecule has 0 atom stereocenters. The summed E-state index contributed by atoms with van der Waals surface area (Å²) in [6, 6.07) is 3.81. The van der Waals surface area contributed by atoms with Gasteiger partial charge >= 0.3 is 0 Å². The Morgan fingerprint density at radius 3 is 2.58 bits per heavy atom. The molecule has 2 fully saturated rings. The zero-order valence-corrected chi connectivity index (χ0v) is 21.6. The largest absolute Gasteiger partial charge is 0.357 e. The number of aliphatic imine (C=N–C) groups is 1. The number of pyridine rings is 1. The summed E-state index contributed by atoms with van der Waals surface area (Å²) >= 11 is 5.83. The average molecular weight is 563 g/mol. The van der Waals surface area contributed by atoms with Gasteiger partial charge in [-0.2, -0.15) is 0 Å². The van der Waals surface area contributed by atoms with Crippen molar-refractivity contribution in [3.8, 4) is 0 Å². The molecule has 2 N–H and O–H groups in total. The minimum atomic E-state index is 0. The number of rotatable bonds is 8. The van der Waals surface area contributed by atoms with Gasteiger partial charge in [-0.3, -0.25) is 14.7 Å². The van der Waals surface area contributed by atoms with Gasteiger partial charge in [0.1, 0.15) is 5.15 Å². The van der Waals surface area contributed by atoms with Crippen LogP contribution in [-0.4, -0.2) is 79.0 Å². The number of hydrogen-bond donors (Lipinski definition) is 2. The number of carbonyl (C=O) groups excluding carboxylic acids is 1. The van der Waals surface area contributed by atoms with Gasteiger partial charge in [-0.05, 0) is 37.8 Å². The lowest BCUT2D eigenvalue weighted by Crippen LogP contribution is -2.50. The Morgan fingerprint density at radius 2 is 1.94 bits per heavy atom. The number of nitrogens with one attached hydrogen (secondary N) is 2. The molecule has 1 saturated heterocycles. The van der Waals surface area contributed by atoms with Crippen molar-refractivity contribution in [2.75, 3.05) is 52.4 Å². The van der Waals surface area contributed by atoms with Crippen LogP contribution < -0.4 is 10.6 Å². The van der Waals surface area contributed by atoms with Crippen LogP contribution in [0.1, 0.15) is 38.2 Å². The maximum atomic E-state index is 12.6. The maximum Gasteiger partial charge on any atom is 0.225 e. The molecule has 1 saturated carbocycles. The molecule has 0 aromatic carbocycles. The van der Waals surface area contributed by atoms with Crippen LogP contribution in [0.25, 0.3) is 0 Å². The van der Waals surface area contributed by atoms with Crippen molar-refractivity contribution in [3.63, 3.8) is 0 Å². The Balaban J connectivity index is 0.00000341. The average Bonchev–Trinajstić information content (AvgIpc) is 3.30. The van der Waals surface area contributed by atoms with Gasteiger partial charge in [0.15, 0.2) is 5.96 Å². The molecule has 0 bridgehead atoms. The number of nitrogens with zero attached hydrogens (tertiary/aromatic N) is 4. The third-order valence-electron chi connectivity index (χ3n) is 5.91. The van der Waals surface area contributed by atoms with E-state index < -0.39 is 0 Å². The number of aromatic nitrogens is 1. The highest BCUT2D eigenvalue weighted by Crippen LogP contribution is 2.26. The van der Waals surface area contributed by atoms with E-state index in [4.69, 9.17) is 16.6 Å². The van der Waals surface area contributed by atoms with Crippen LogP contribution in [0.4, 0.5) is 0 Å². The second-order valence-electron chi connectivity index (χ2n) is 8.07. The summed E-state index contributed by atoms with van der Waals surface area (Å²) in [5.74, 6) is 1.52. The zero-order chi connectivity index (χ0) is 21.2. The highest BCUT2D eigenvalue weighted by molar-refractivity contribution is 14.0. The van der Waals surface area contributed by atoms with Crippen molar-refractivity contribution in [2.45, 2.75) is 39.0 Å². The first kappa shape index (κ1) is 26.1. The summed E-state index contributed by atoms with van der Waals surface area (Å²) in [5.41, 5.74) is 1.15. The normalized spacial score (nSPS) is 18.0. The topological polar surface area (TPSA) is 72.9 Å². The van der Waals surface area contributed by atoms with E-state index in [0.29, 0.717) is 17.0 Å². The molecule has 1 aliphatic carbocycles. The van der Waals surface area contributed by atoms with Crippen molar-refractivity contribution in [2.24, 2.45) is 10.9 Å². The number of carbonyl (C=O) groups is 1. The van der Waals surface area contributed by atoms with Crippen LogP contribution in [0.15, 0.2) is 23.3 Å². The summed E-state index contributed by atoms with van der Waals surface area (Å²) in [4.78, 5) is 25.9. The van der Waals surface area contributed by atoms with Crippen molar-refractivity contribution in [3.05, 3.63) is 29.0 Å². The molecule has 2 aliphatic rings. The number of halogens is 2. The summed E-state index contributed by atoms with van der Waals surface area (Å²) in [7, 11) is 0. The summed E-state index contributed by atoms with van der Waals surface area (Å²) < 4.78 is 0. The number of hydrogen-bond acceptors (Lipinski definition) is 4. The first-order chi connectivity index (χ1) is 14.7. The fourth-order valence-corrected chi connectivity index (χ4v) is 4.26. The van der Waals surface area contributed by atoms with E-state index in [1.165, 1.54) is 12.8 Å². The Kier molecular flexibility index (Phi) is 11.9. The highest BCUT2D eigenvalue weighted by Gasteiger charge is 2.29. The van der Waals surface area contributed by atoms with Crippen LogP contribution in [0.2, 0.25) is 5.15 Å². The fraction of sp³-hybridized carbons (Fsp3) is 0.682. The Bertz CT molecular complexity index is 688. The van der Waals surface area contributed by atoms with E-state index in [-0.39, 0.29) is 24.0 Å². The van der Waals surface area contributed by atoms with E-state index in [0.717, 1.165) is 83.1 Å². The smallest absolute Gasteiger partial charge is 0.225 e. The lowest BCUT2D eigenvalue weighted by atomic mass is 10.1. The van der Waals surface area contributed by atoms with E-state index in [1.54, 1.807) is 0 Å². The fourth-order valence-electron chi connectivity index (χ4n) is 4.15. The molecule has 3 rings (SSSR count). The van der Waals surface area contributed by atoms with Gasteiger partial charge in [-0.25, -0.2) is 4.98 Å². The molecule has 9 heteroatoms. The van der Waals surface area contributed by atoms with Crippen molar-refractivity contribution in [1.29, 1.82) is 0 Å². The van der Waals surface area contributed by atoms with Gasteiger partial charge in [-0.1, -0.05) is 30.5 Å². The van der Waals surface area contributed by atoms with Crippen molar-refractivity contribution >= 4 is 47.4 Å². The molecule has 31 heavy (non-hydrogen) atoms. The minimum Gasteiger partial charge on any atom is -0.357 e. The van der Waals surface area contributed by atoms with Gasteiger partial charge in [-0.15, -0.1) is 24.0 Å². The Labute approximate surface area is 208 Å². The van der Waals surface area contributed by atoms with Crippen LogP contribution in [0.3, 0.4) is 0 Å². The second kappa shape index (κ2) is 14.1. The number of amides is 1. The highest BCUT2D eigenvalue weighted by atomic mass is 127. The van der Waals surface area contributed by atoms with Crippen LogP contribution in [0, 0.1) is 5.92 Å². The monoisotopic (exact) mass is 562 g/mol. The summed E-state index contributed by atoms with van der Waals surface area (Å²) in [5, 5.41) is 7.20. The molecule has 1 aromatic rings. The van der Waals surface area contributed by atoms with Gasteiger partial charge in [0.05, 0.1) is 6.54 Å². The van der Waals surface area contributed by atoms with Crippen LogP contribution in [0.5, 0.6) is 0 Å². The molecule has 7 nitrogen and oxygen atoms in total. The van der Waals surface area contributed by atoms with E-state index >= 15 is 0 Å². The molecule has 2 heterocycles. The zero-order valence-electron chi connectivity index (χ0n) is 18.5. The lowest BCUT2D eigenvalue weighted by molar-refractivity contribution is -0.137. The molecule has 1 aliphatic heterocycles. The summed E-state index contributed by atoms with van der Waals surface area (Å²) in [6.45, 7) is 8.95. The van der Waals surface area contributed by atoms with Gasteiger partial charge in [0, 0.05) is 57.9 Å². The maximum absolute atomic E-state index is 12.6. The molecule has 0 radical (unpaired) electrons. The van der Waals surface area contributed by atoms with E-state index in [1.807, 2.05) is 18.3 Å². The molecule has 1 amide bonds. The molecular weight excluding hydrogens is 527 g/mol. The first-order valence-corrected chi connectivity index (χ1v) is 11.7. The SMILES string of the molecule is CCNC(=NCCN1CCN(C(=O)C2CCCC2)CC1)NCCc1ccc(Cl)nc1.I. The molecule has 0 spiro atoms. The van der Waals surface area contributed by atoms with Crippen molar-refractivity contribution in [1.82, 2.24) is 25.4 Å². The molecule has 174 valence electrons. The molecule has 0 unspecified atom stereocenters. The first-order valence-electron chi connectivity index (χ1n) is 11.3. The lowest BCUT2D eigenvalue weighted by Gasteiger charge is -2.35. The third-order valence-corrected chi connectivity index (χ3v) is 6.14. The number of guanidine groups is 1. The predicted molar refractivity (Wildman–Crippen MR) is 137 cm³/mol. The van der Waals surface area contributed by atoms with E-state index in [2.05, 4.69) is 32.3 Å².